The monoisotopic (exact) mass is 354 g/mol. The number of Topliss-reactive ketones (excluding diaryl/α,β-unsaturated/α-hetero) is 1. The molecule has 0 spiro atoms. The summed E-state index contributed by atoms with van der Waals surface area (Å²) < 4.78 is 10.1. The van der Waals surface area contributed by atoms with Crippen molar-refractivity contribution in [2.75, 3.05) is 13.2 Å². The summed E-state index contributed by atoms with van der Waals surface area (Å²) in [5.74, 6) is -1.98. The Morgan fingerprint density at radius 1 is 0.846 bits per heavy atom. The van der Waals surface area contributed by atoms with Crippen LogP contribution >= 0.6 is 0 Å². The van der Waals surface area contributed by atoms with Gasteiger partial charge in [0.1, 0.15) is 0 Å². The zero-order valence-corrected chi connectivity index (χ0v) is 15.2. The van der Waals surface area contributed by atoms with Crippen LogP contribution in [0.3, 0.4) is 0 Å². The molecule has 136 valence electrons. The summed E-state index contributed by atoms with van der Waals surface area (Å²) in [6, 6.07) is 12.3. The van der Waals surface area contributed by atoms with Crippen molar-refractivity contribution in [3.05, 3.63) is 70.3 Å². The van der Waals surface area contributed by atoms with Crippen molar-refractivity contribution in [2.45, 2.75) is 27.2 Å². The van der Waals surface area contributed by atoms with Gasteiger partial charge in [-0.1, -0.05) is 35.9 Å². The van der Waals surface area contributed by atoms with E-state index in [1.165, 1.54) is 0 Å². The topological polar surface area (TPSA) is 69.7 Å². The Balaban J connectivity index is 1.79. The Hall–Kier alpha value is -2.95. The van der Waals surface area contributed by atoms with Gasteiger partial charge in [0.25, 0.3) is 5.78 Å². The SMILES string of the molecule is Cc1cc(C)c(C(=O)C(=O)OCCCOC(=O)c2ccccc2)c(C)c1. The van der Waals surface area contributed by atoms with Gasteiger partial charge in [-0.25, -0.2) is 9.59 Å². The van der Waals surface area contributed by atoms with Gasteiger partial charge in [-0.2, -0.15) is 0 Å². The first-order valence-electron chi connectivity index (χ1n) is 8.41. The fourth-order valence-electron chi connectivity index (χ4n) is 2.75. The van der Waals surface area contributed by atoms with Gasteiger partial charge in [0.15, 0.2) is 0 Å². The van der Waals surface area contributed by atoms with Crippen LogP contribution in [0.4, 0.5) is 0 Å². The van der Waals surface area contributed by atoms with Crippen molar-refractivity contribution in [3.63, 3.8) is 0 Å². The van der Waals surface area contributed by atoms with Gasteiger partial charge < -0.3 is 9.47 Å². The molecule has 0 aliphatic rings. The zero-order valence-electron chi connectivity index (χ0n) is 15.2. The molecule has 0 aliphatic heterocycles. The molecule has 0 amide bonds. The average molecular weight is 354 g/mol. The molecule has 2 rings (SSSR count). The minimum Gasteiger partial charge on any atom is -0.462 e. The number of ether oxygens (including phenoxy) is 2. The molecule has 0 unspecified atom stereocenters. The lowest BCUT2D eigenvalue weighted by Crippen LogP contribution is -2.21. The van der Waals surface area contributed by atoms with E-state index in [4.69, 9.17) is 9.47 Å². The molecule has 26 heavy (non-hydrogen) atoms. The molecular weight excluding hydrogens is 332 g/mol. The first-order valence-corrected chi connectivity index (χ1v) is 8.41. The quantitative estimate of drug-likeness (QED) is 0.329. The highest BCUT2D eigenvalue weighted by Crippen LogP contribution is 2.17. The van der Waals surface area contributed by atoms with Crippen LogP contribution in [0.1, 0.15) is 43.8 Å². The summed E-state index contributed by atoms with van der Waals surface area (Å²) in [6.07, 6.45) is 0.323. The summed E-state index contributed by atoms with van der Waals surface area (Å²) >= 11 is 0. The maximum atomic E-state index is 12.3. The fourth-order valence-corrected chi connectivity index (χ4v) is 2.75. The van der Waals surface area contributed by atoms with Crippen LogP contribution in [0, 0.1) is 20.8 Å². The molecule has 0 saturated carbocycles. The molecule has 0 saturated heterocycles. The van der Waals surface area contributed by atoms with E-state index in [0.29, 0.717) is 17.5 Å². The molecule has 0 aromatic heterocycles. The first kappa shape index (κ1) is 19.4. The van der Waals surface area contributed by atoms with Gasteiger partial charge in [-0.15, -0.1) is 0 Å². The van der Waals surface area contributed by atoms with Crippen LogP contribution in [-0.2, 0) is 14.3 Å². The van der Waals surface area contributed by atoms with Gasteiger partial charge in [0.2, 0.25) is 0 Å². The number of ketones is 1. The van der Waals surface area contributed by atoms with E-state index in [1.807, 2.05) is 25.1 Å². The molecule has 5 nitrogen and oxygen atoms in total. The number of hydrogen-bond donors (Lipinski definition) is 0. The molecule has 0 radical (unpaired) electrons. The van der Waals surface area contributed by atoms with Crippen molar-refractivity contribution in [3.8, 4) is 0 Å². The highest BCUT2D eigenvalue weighted by Gasteiger charge is 2.22. The number of aryl methyl sites for hydroxylation is 3. The Morgan fingerprint density at radius 3 is 2.04 bits per heavy atom. The standard InChI is InChI=1S/C21H22O5/c1-14-12-15(2)18(16(3)13-14)19(22)21(24)26-11-7-10-25-20(23)17-8-5-4-6-9-17/h4-6,8-9,12-13H,7,10-11H2,1-3H3. The molecule has 0 bridgehead atoms. The lowest BCUT2D eigenvalue weighted by molar-refractivity contribution is -0.138. The van der Waals surface area contributed by atoms with Crippen molar-refractivity contribution in [2.24, 2.45) is 0 Å². The number of hydrogen-bond acceptors (Lipinski definition) is 5. The average Bonchev–Trinajstić information content (AvgIpc) is 2.60. The molecule has 0 N–H and O–H groups in total. The number of benzene rings is 2. The van der Waals surface area contributed by atoms with Crippen LogP contribution in [0.25, 0.3) is 0 Å². The van der Waals surface area contributed by atoms with Crippen molar-refractivity contribution in [1.82, 2.24) is 0 Å². The van der Waals surface area contributed by atoms with Crippen molar-refractivity contribution >= 4 is 17.7 Å². The fraction of sp³-hybridized carbons (Fsp3) is 0.286. The van der Waals surface area contributed by atoms with Gasteiger partial charge in [-0.05, 0) is 44.0 Å². The maximum absolute atomic E-state index is 12.3. The summed E-state index contributed by atoms with van der Waals surface area (Å²) in [5.41, 5.74) is 3.38. The zero-order chi connectivity index (χ0) is 19.1. The van der Waals surface area contributed by atoms with Gasteiger partial charge in [0.05, 0.1) is 18.8 Å². The summed E-state index contributed by atoms with van der Waals surface area (Å²) in [7, 11) is 0. The Kier molecular flexibility index (Phi) is 6.67. The van der Waals surface area contributed by atoms with E-state index in [-0.39, 0.29) is 13.2 Å². The Morgan fingerprint density at radius 2 is 1.42 bits per heavy atom. The lowest BCUT2D eigenvalue weighted by Gasteiger charge is -2.10. The van der Waals surface area contributed by atoms with Crippen LogP contribution in [0.15, 0.2) is 42.5 Å². The second-order valence-electron chi connectivity index (χ2n) is 6.09. The minimum atomic E-state index is -0.894. The normalized spacial score (nSPS) is 10.3. The predicted molar refractivity (Wildman–Crippen MR) is 97.3 cm³/mol. The van der Waals surface area contributed by atoms with Crippen LogP contribution in [0.5, 0.6) is 0 Å². The first-order chi connectivity index (χ1) is 12.4. The van der Waals surface area contributed by atoms with E-state index in [1.54, 1.807) is 38.1 Å². The second kappa shape index (κ2) is 8.94. The van der Waals surface area contributed by atoms with Crippen LogP contribution in [0.2, 0.25) is 0 Å². The molecule has 0 heterocycles. The third kappa shape index (κ3) is 5.02. The molecule has 2 aromatic carbocycles. The third-order valence-corrected chi connectivity index (χ3v) is 3.85. The highest BCUT2D eigenvalue weighted by atomic mass is 16.5. The summed E-state index contributed by atoms with van der Waals surface area (Å²) in [4.78, 5) is 36.0. The van der Waals surface area contributed by atoms with E-state index in [2.05, 4.69) is 0 Å². The van der Waals surface area contributed by atoms with E-state index in [0.717, 1.165) is 16.7 Å². The third-order valence-electron chi connectivity index (χ3n) is 3.85. The molecule has 0 fully saturated rings. The summed E-state index contributed by atoms with van der Waals surface area (Å²) in [6.45, 7) is 5.64. The van der Waals surface area contributed by atoms with Gasteiger partial charge >= 0.3 is 11.9 Å². The smallest absolute Gasteiger partial charge is 0.379 e. The maximum Gasteiger partial charge on any atom is 0.379 e. The van der Waals surface area contributed by atoms with Crippen molar-refractivity contribution < 1.29 is 23.9 Å². The van der Waals surface area contributed by atoms with Crippen molar-refractivity contribution in [1.29, 1.82) is 0 Å². The molecule has 5 heteroatoms. The molecular formula is C21H22O5. The minimum absolute atomic E-state index is 0.0105. The second-order valence-corrected chi connectivity index (χ2v) is 6.09. The predicted octanol–water partition coefficient (Wildman–Crippen LogP) is 3.58. The Bertz CT molecular complexity index is 785. The van der Waals surface area contributed by atoms with E-state index < -0.39 is 17.7 Å². The van der Waals surface area contributed by atoms with Crippen LogP contribution in [-0.4, -0.2) is 30.9 Å². The Labute approximate surface area is 152 Å². The number of rotatable bonds is 7. The highest BCUT2D eigenvalue weighted by molar-refractivity contribution is 6.41. The van der Waals surface area contributed by atoms with E-state index in [9.17, 15) is 14.4 Å². The molecule has 0 aliphatic carbocycles. The van der Waals surface area contributed by atoms with E-state index >= 15 is 0 Å². The molecule has 0 atom stereocenters. The number of carbonyl (C=O) groups excluding carboxylic acids is 3. The molecule has 2 aromatic rings. The van der Waals surface area contributed by atoms with Gasteiger partial charge in [-0.3, -0.25) is 4.79 Å². The lowest BCUT2D eigenvalue weighted by atomic mass is 9.97. The number of carbonyl (C=O) groups is 3. The van der Waals surface area contributed by atoms with Gasteiger partial charge in [0, 0.05) is 12.0 Å². The summed E-state index contributed by atoms with van der Waals surface area (Å²) in [5, 5.41) is 0. The number of esters is 2. The largest absolute Gasteiger partial charge is 0.462 e. The van der Waals surface area contributed by atoms with Crippen LogP contribution < -0.4 is 0 Å².